The number of benzene rings is 1. The maximum Gasteiger partial charge on any atom is 0.358 e. The number of thiazole rings is 1. The fourth-order valence-electron chi connectivity index (χ4n) is 1.56. The van der Waals surface area contributed by atoms with Gasteiger partial charge in [0.05, 0.1) is 11.5 Å². The summed E-state index contributed by atoms with van der Waals surface area (Å²) in [6, 6.07) is 5.80. The van der Waals surface area contributed by atoms with Gasteiger partial charge < -0.3 is 15.2 Å². The fourth-order valence-corrected chi connectivity index (χ4v) is 2.77. The zero-order valence-corrected chi connectivity index (χ0v) is 13.7. The molecule has 1 atom stereocenters. The van der Waals surface area contributed by atoms with Gasteiger partial charge in [0, 0.05) is 11.1 Å². The van der Waals surface area contributed by atoms with Crippen LogP contribution in [-0.4, -0.2) is 37.2 Å². The van der Waals surface area contributed by atoms with Crippen LogP contribution in [0.4, 0.5) is 10.8 Å². The van der Waals surface area contributed by atoms with Crippen LogP contribution in [0.25, 0.3) is 0 Å². The topological polar surface area (TPSA) is 132 Å². The highest BCUT2D eigenvalue weighted by atomic mass is 32.2. The molecule has 8 nitrogen and oxygen atoms in total. The number of hydrogen-bond acceptors (Lipinski definition) is 8. The summed E-state index contributed by atoms with van der Waals surface area (Å²) in [7, 11) is -3.74. The normalized spacial score (nSPS) is 12.7. The smallest absolute Gasteiger partial charge is 0.358 e. The Bertz CT molecular complexity index is 786. The Morgan fingerprint density at radius 2 is 2.09 bits per heavy atom. The number of aromatic nitrogens is 1. The first-order chi connectivity index (χ1) is 10.8. The number of carbonyl (C=O) groups is 1. The highest BCUT2D eigenvalue weighted by molar-refractivity contribution is 7.89. The number of aliphatic hydroxyl groups excluding tert-OH is 1. The van der Waals surface area contributed by atoms with Crippen molar-refractivity contribution in [1.29, 1.82) is 0 Å². The molecular formula is C13H15N3O5S2. The number of ether oxygens (including phenoxy) is 1. The molecule has 1 aromatic carbocycles. The van der Waals surface area contributed by atoms with E-state index in [9.17, 15) is 13.2 Å². The van der Waals surface area contributed by atoms with Gasteiger partial charge in [-0.3, -0.25) is 0 Å². The Kier molecular flexibility index (Phi) is 5.31. The number of nitrogens with one attached hydrogen (secondary N) is 1. The van der Waals surface area contributed by atoms with Crippen molar-refractivity contribution in [3.8, 4) is 0 Å². The second kappa shape index (κ2) is 7.04. The van der Waals surface area contributed by atoms with Crippen LogP contribution in [0.5, 0.6) is 0 Å². The Morgan fingerprint density at radius 3 is 2.65 bits per heavy atom. The van der Waals surface area contributed by atoms with E-state index in [-0.39, 0.29) is 17.2 Å². The molecule has 0 aliphatic rings. The molecule has 2 rings (SSSR count). The van der Waals surface area contributed by atoms with Crippen molar-refractivity contribution in [3.05, 3.63) is 35.3 Å². The second-order valence-corrected chi connectivity index (χ2v) is 7.05. The Labute approximate surface area is 137 Å². The summed E-state index contributed by atoms with van der Waals surface area (Å²) < 4.78 is 27.3. The fraction of sp³-hybridized carbons (Fsp3) is 0.231. The van der Waals surface area contributed by atoms with Crippen molar-refractivity contribution in [3.63, 3.8) is 0 Å². The van der Waals surface area contributed by atoms with E-state index in [1.165, 1.54) is 41.0 Å². The summed E-state index contributed by atoms with van der Waals surface area (Å²) in [6.07, 6.45) is -0.605. The molecule has 1 aromatic heterocycles. The number of nitrogens with two attached hydrogens (primary N) is 1. The molecule has 0 bridgehead atoms. The molecule has 23 heavy (non-hydrogen) atoms. The van der Waals surface area contributed by atoms with E-state index >= 15 is 0 Å². The number of esters is 1. The Hall–Kier alpha value is -2.01. The van der Waals surface area contributed by atoms with Gasteiger partial charge in [0.15, 0.2) is 10.8 Å². The van der Waals surface area contributed by atoms with Crippen LogP contribution >= 0.6 is 11.3 Å². The second-order valence-electron chi connectivity index (χ2n) is 4.63. The first-order valence-electron chi connectivity index (χ1n) is 6.47. The van der Waals surface area contributed by atoms with E-state index in [1.54, 1.807) is 6.92 Å². The van der Waals surface area contributed by atoms with E-state index in [0.717, 1.165) is 0 Å². The molecule has 0 saturated heterocycles. The minimum atomic E-state index is -3.74. The quantitative estimate of drug-likeness (QED) is 0.659. The summed E-state index contributed by atoms with van der Waals surface area (Å²) >= 11 is 1.19. The average molecular weight is 357 g/mol. The van der Waals surface area contributed by atoms with Crippen molar-refractivity contribution in [2.24, 2.45) is 5.14 Å². The van der Waals surface area contributed by atoms with Gasteiger partial charge in [0.2, 0.25) is 10.0 Å². The standard InChI is InChI=1S/C13H15N3O5S2/c1-8(6-17)21-12(18)11-7-22-13(16-11)15-9-2-4-10(5-3-9)23(14,19)20/h2-5,7-8,17H,6H2,1H3,(H,15,16)(H2,14,19,20). The average Bonchev–Trinajstić information content (AvgIpc) is 2.95. The van der Waals surface area contributed by atoms with Crippen LogP contribution in [0.15, 0.2) is 34.5 Å². The molecule has 124 valence electrons. The van der Waals surface area contributed by atoms with Crippen LogP contribution in [0, 0.1) is 0 Å². The summed E-state index contributed by atoms with van der Waals surface area (Å²) in [5.41, 5.74) is 0.717. The molecule has 10 heteroatoms. The van der Waals surface area contributed by atoms with Crippen molar-refractivity contribution < 1.29 is 23.1 Å². The predicted molar refractivity (Wildman–Crippen MR) is 85.2 cm³/mol. The number of primary sulfonamides is 1. The van der Waals surface area contributed by atoms with Gasteiger partial charge in [0.25, 0.3) is 0 Å². The van der Waals surface area contributed by atoms with Gasteiger partial charge in [-0.15, -0.1) is 11.3 Å². The Morgan fingerprint density at radius 1 is 1.43 bits per heavy atom. The van der Waals surface area contributed by atoms with Crippen molar-refractivity contribution >= 4 is 38.1 Å². The third kappa shape index (κ3) is 4.73. The lowest BCUT2D eigenvalue weighted by Gasteiger charge is -2.08. The number of rotatable bonds is 6. The minimum Gasteiger partial charge on any atom is -0.455 e. The van der Waals surface area contributed by atoms with Crippen molar-refractivity contribution in [1.82, 2.24) is 4.98 Å². The summed E-state index contributed by atoms with van der Waals surface area (Å²) in [4.78, 5) is 15.8. The van der Waals surface area contributed by atoms with E-state index in [2.05, 4.69) is 10.3 Å². The van der Waals surface area contributed by atoms with Crippen LogP contribution in [0.1, 0.15) is 17.4 Å². The van der Waals surface area contributed by atoms with Crippen LogP contribution in [0.2, 0.25) is 0 Å². The SMILES string of the molecule is CC(CO)OC(=O)c1csc(Nc2ccc(S(N)(=O)=O)cc2)n1. The maximum absolute atomic E-state index is 11.7. The lowest BCUT2D eigenvalue weighted by atomic mass is 10.3. The van der Waals surface area contributed by atoms with Gasteiger partial charge in [-0.05, 0) is 31.2 Å². The summed E-state index contributed by atoms with van der Waals surface area (Å²) in [6.45, 7) is 1.30. The molecule has 0 fully saturated rings. The predicted octanol–water partition coefficient (Wildman–Crippen LogP) is 1.07. The lowest BCUT2D eigenvalue weighted by molar-refractivity contribution is 0.0191. The number of carbonyl (C=O) groups excluding carboxylic acids is 1. The minimum absolute atomic E-state index is 0.00412. The van der Waals surface area contributed by atoms with Gasteiger partial charge in [-0.1, -0.05) is 0 Å². The molecule has 0 aliphatic carbocycles. The molecule has 2 aromatic rings. The van der Waals surface area contributed by atoms with Crippen LogP contribution in [0.3, 0.4) is 0 Å². The molecule has 0 spiro atoms. The number of hydrogen-bond donors (Lipinski definition) is 3. The lowest BCUT2D eigenvalue weighted by Crippen LogP contribution is -2.18. The first-order valence-corrected chi connectivity index (χ1v) is 8.89. The van der Waals surface area contributed by atoms with Gasteiger partial charge in [-0.25, -0.2) is 23.3 Å². The van der Waals surface area contributed by atoms with Crippen LogP contribution in [-0.2, 0) is 14.8 Å². The van der Waals surface area contributed by atoms with Crippen molar-refractivity contribution in [2.75, 3.05) is 11.9 Å². The van der Waals surface area contributed by atoms with Gasteiger partial charge in [0.1, 0.15) is 6.10 Å². The van der Waals surface area contributed by atoms with E-state index in [4.69, 9.17) is 15.0 Å². The molecule has 0 aliphatic heterocycles. The highest BCUT2D eigenvalue weighted by Crippen LogP contribution is 2.22. The molecule has 1 heterocycles. The first kappa shape index (κ1) is 17.3. The maximum atomic E-state index is 11.7. The highest BCUT2D eigenvalue weighted by Gasteiger charge is 2.15. The molecule has 4 N–H and O–H groups in total. The zero-order chi connectivity index (χ0) is 17.0. The molecule has 0 saturated carbocycles. The monoisotopic (exact) mass is 357 g/mol. The van der Waals surface area contributed by atoms with E-state index in [0.29, 0.717) is 10.8 Å². The molecular weight excluding hydrogens is 342 g/mol. The van der Waals surface area contributed by atoms with E-state index in [1.807, 2.05) is 0 Å². The van der Waals surface area contributed by atoms with Crippen LogP contribution < -0.4 is 10.5 Å². The molecule has 1 unspecified atom stereocenters. The largest absolute Gasteiger partial charge is 0.455 e. The summed E-state index contributed by atoms with van der Waals surface area (Å²) in [5, 5.41) is 18.8. The summed E-state index contributed by atoms with van der Waals surface area (Å²) in [5.74, 6) is -0.625. The van der Waals surface area contributed by atoms with Crippen molar-refractivity contribution in [2.45, 2.75) is 17.9 Å². The zero-order valence-electron chi connectivity index (χ0n) is 12.1. The van der Waals surface area contributed by atoms with E-state index < -0.39 is 22.1 Å². The Balaban J connectivity index is 2.06. The number of sulfonamides is 1. The number of aliphatic hydroxyl groups is 1. The number of nitrogens with zero attached hydrogens (tertiary/aromatic N) is 1. The number of anilines is 2. The molecule has 0 amide bonds. The molecule has 0 radical (unpaired) electrons. The third-order valence-corrected chi connectivity index (χ3v) is 4.40. The van der Waals surface area contributed by atoms with Gasteiger partial charge in [-0.2, -0.15) is 0 Å². The third-order valence-electron chi connectivity index (χ3n) is 2.71. The van der Waals surface area contributed by atoms with Gasteiger partial charge >= 0.3 is 5.97 Å².